The molecular weight excluding hydrogens is 378 g/mol. The van der Waals surface area contributed by atoms with Gasteiger partial charge >= 0.3 is 0 Å². The molecule has 1 saturated heterocycles. The summed E-state index contributed by atoms with van der Waals surface area (Å²) in [6.07, 6.45) is 1.75. The topological polar surface area (TPSA) is 108 Å². The lowest BCUT2D eigenvalue weighted by Crippen LogP contribution is -2.27. The SMILES string of the molecule is O=C(Nc1n[nH]c(-c2ccccc2)n1)c1ccc(S(=O)(=O)N2CCCC2)cc1. The van der Waals surface area contributed by atoms with Gasteiger partial charge in [0.05, 0.1) is 4.90 Å². The quantitative estimate of drug-likeness (QED) is 0.688. The number of sulfonamides is 1. The summed E-state index contributed by atoms with van der Waals surface area (Å²) >= 11 is 0. The van der Waals surface area contributed by atoms with E-state index in [1.165, 1.54) is 28.6 Å². The highest BCUT2D eigenvalue weighted by Crippen LogP contribution is 2.21. The molecule has 0 unspecified atom stereocenters. The fraction of sp³-hybridized carbons (Fsp3) is 0.211. The van der Waals surface area contributed by atoms with Crippen LogP contribution in [0.3, 0.4) is 0 Å². The van der Waals surface area contributed by atoms with E-state index in [-0.39, 0.29) is 10.8 Å². The molecule has 4 rings (SSSR count). The second-order valence-electron chi connectivity index (χ2n) is 6.46. The minimum absolute atomic E-state index is 0.151. The molecule has 1 aliphatic rings. The van der Waals surface area contributed by atoms with Gasteiger partial charge in [0.2, 0.25) is 16.0 Å². The molecule has 2 aromatic carbocycles. The van der Waals surface area contributed by atoms with Crippen LogP contribution in [0.25, 0.3) is 11.4 Å². The number of nitrogens with one attached hydrogen (secondary N) is 2. The van der Waals surface area contributed by atoms with Crippen LogP contribution in [0.5, 0.6) is 0 Å². The van der Waals surface area contributed by atoms with Gasteiger partial charge in [-0.15, -0.1) is 5.10 Å². The molecule has 1 amide bonds. The van der Waals surface area contributed by atoms with Crippen molar-refractivity contribution < 1.29 is 13.2 Å². The maximum absolute atomic E-state index is 12.5. The molecule has 0 saturated carbocycles. The van der Waals surface area contributed by atoms with E-state index in [1.807, 2.05) is 30.3 Å². The molecular formula is C19H19N5O3S. The first kappa shape index (κ1) is 18.3. The van der Waals surface area contributed by atoms with E-state index in [0.717, 1.165) is 18.4 Å². The van der Waals surface area contributed by atoms with Gasteiger partial charge in [0.25, 0.3) is 5.91 Å². The van der Waals surface area contributed by atoms with Crippen molar-refractivity contribution in [3.8, 4) is 11.4 Å². The number of H-pyrrole nitrogens is 1. The number of hydrogen-bond donors (Lipinski definition) is 2. The summed E-state index contributed by atoms with van der Waals surface area (Å²) in [5.41, 5.74) is 1.18. The molecule has 1 aliphatic heterocycles. The normalized spacial score (nSPS) is 14.9. The van der Waals surface area contributed by atoms with Crippen molar-refractivity contribution in [1.29, 1.82) is 0 Å². The van der Waals surface area contributed by atoms with Crippen LogP contribution in [0.15, 0.2) is 59.5 Å². The van der Waals surface area contributed by atoms with Crippen LogP contribution < -0.4 is 5.32 Å². The first-order valence-electron chi connectivity index (χ1n) is 8.93. The van der Waals surface area contributed by atoms with Gasteiger partial charge in [0.1, 0.15) is 0 Å². The Morgan fingerprint density at radius 3 is 2.36 bits per heavy atom. The van der Waals surface area contributed by atoms with Gasteiger partial charge in [0.15, 0.2) is 5.82 Å². The van der Waals surface area contributed by atoms with Crippen LogP contribution in [0.2, 0.25) is 0 Å². The Bertz CT molecular complexity index is 1070. The van der Waals surface area contributed by atoms with Gasteiger partial charge in [-0.25, -0.2) is 8.42 Å². The minimum Gasteiger partial charge on any atom is -0.289 e. The molecule has 1 aromatic heterocycles. The molecule has 3 aromatic rings. The average Bonchev–Trinajstić information content (AvgIpc) is 3.41. The summed E-state index contributed by atoms with van der Waals surface area (Å²) in [5.74, 6) is 0.282. The van der Waals surface area contributed by atoms with Crippen LogP contribution in [0.4, 0.5) is 5.95 Å². The van der Waals surface area contributed by atoms with Crippen molar-refractivity contribution in [2.45, 2.75) is 17.7 Å². The first-order chi connectivity index (χ1) is 13.5. The number of nitrogens with zero attached hydrogens (tertiary/aromatic N) is 3. The van der Waals surface area contributed by atoms with E-state index in [0.29, 0.717) is 24.5 Å². The summed E-state index contributed by atoms with van der Waals surface area (Å²) in [7, 11) is -3.50. The predicted octanol–water partition coefficient (Wildman–Crippen LogP) is 2.51. The standard InChI is InChI=1S/C19H19N5O3S/c25-18(21-19-20-17(22-23-19)14-6-2-1-3-7-14)15-8-10-16(11-9-15)28(26,27)24-12-4-5-13-24/h1-3,6-11H,4-5,12-13H2,(H2,20,21,22,23,25). The Morgan fingerprint density at radius 1 is 1.00 bits per heavy atom. The number of benzene rings is 2. The molecule has 8 nitrogen and oxygen atoms in total. The number of anilines is 1. The third kappa shape index (κ3) is 3.67. The summed E-state index contributed by atoms with van der Waals surface area (Å²) in [4.78, 5) is 16.9. The predicted molar refractivity (Wildman–Crippen MR) is 104 cm³/mol. The van der Waals surface area contributed by atoms with Gasteiger partial charge in [-0.3, -0.25) is 15.2 Å². The van der Waals surface area contributed by atoms with E-state index < -0.39 is 15.9 Å². The highest BCUT2D eigenvalue weighted by Gasteiger charge is 2.27. The fourth-order valence-corrected chi connectivity index (χ4v) is 4.59. The van der Waals surface area contributed by atoms with Crippen molar-refractivity contribution in [2.75, 3.05) is 18.4 Å². The summed E-state index contributed by atoms with van der Waals surface area (Å²) in [6.45, 7) is 1.08. The molecule has 0 atom stereocenters. The van der Waals surface area contributed by atoms with Gasteiger partial charge in [-0.05, 0) is 37.1 Å². The maximum Gasteiger partial charge on any atom is 0.258 e. The van der Waals surface area contributed by atoms with Gasteiger partial charge < -0.3 is 0 Å². The van der Waals surface area contributed by atoms with Crippen molar-refractivity contribution >= 4 is 21.9 Å². The molecule has 0 spiro atoms. The lowest BCUT2D eigenvalue weighted by Gasteiger charge is -2.15. The zero-order chi connectivity index (χ0) is 19.6. The number of aromatic nitrogens is 3. The zero-order valence-corrected chi connectivity index (χ0v) is 15.8. The Kier molecular flexibility index (Phi) is 4.93. The Morgan fingerprint density at radius 2 is 1.68 bits per heavy atom. The third-order valence-corrected chi connectivity index (χ3v) is 6.49. The van der Waals surface area contributed by atoms with Crippen LogP contribution in [-0.4, -0.2) is 46.9 Å². The maximum atomic E-state index is 12.5. The Labute approximate surface area is 162 Å². The number of aromatic amines is 1. The number of amides is 1. The summed E-state index contributed by atoms with van der Waals surface area (Å²) < 4.78 is 26.6. The van der Waals surface area contributed by atoms with Gasteiger partial charge in [0, 0.05) is 24.2 Å². The van der Waals surface area contributed by atoms with Gasteiger partial charge in [-0.2, -0.15) is 9.29 Å². The minimum atomic E-state index is -3.50. The lowest BCUT2D eigenvalue weighted by molar-refractivity contribution is 0.102. The van der Waals surface area contributed by atoms with Crippen LogP contribution in [-0.2, 0) is 10.0 Å². The largest absolute Gasteiger partial charge is 0.289 e. The van der Waals surface area contributed by atoms with E-state index in [4.69, 9.17) is 0 Å². The van der Waals surface area contributed by atoms with Crippen LogP contribution in [0, 0.1) is 0 Å². The van der Waals surface area contributed by atoms with Crippen LogP contribution >= 0.6 is 0 Å². The highest BCUT2D eigenvalue weighted by molar-refractivity contribution is 7.89. The second-order valence-corrected chi connectivity index (χ2v) is 8.40. The third-order valence-electron chi connectivity index (χ3n) is 4.58. The summed E-state index contributed by atoms with van der Waals surface area (Å²) in [6, 6.07) is 15.3. The Hall–Kier alpha value is -3.04. The molecule has 0 radical (unpaired) electrons. The zero-order valence-electron chi connectivity index (χ0n) is 15.0. The van der Waals surface area contributed by atoms with Crippen molar-refractivity contribution in [1.82, 2.24) is 19.5 Å². The number of rotatable bonds is 5. The average molecular weight is 397 g/mol. The van der Waals surface area contributed by atoms with Crippen molar-refractivity contribution in [3.63, 3.8) is 0 Å². The van der Waals surface area contributed by atoms with E-state index in [9.17, 15) is 13.2 Å². The second kappa shape index (κ2) is 7.53. The molecule has 2 N–H and O–H groups in total. The Balaban J connectivity index is 1.46. The van der Waals surface area contributed by atoms with Crippen molar-refractivity contribution in [3.05, 3.63) is 60.2 Å². The number of carbonyl (C=O) groups excluding carboxylic acids is 1. The molecule has 28 heavy (non-hydrogen) atoms. The molecule has 1 fully saturated rings. The van der Waals surface area contributed by atoms with E-state index in [1.54, 1.807) is 0 Å². The molecule has 9 heteroatoms. The fourth-order valence-electron chi connectivity index (χ4n) is 3.07. The smallest absolute Gasteiger partial charge is 0.258 e. The van der Waals surface area contributed by atoms with Gasteiger partial charge in [-0.1, -0.05) is 30.3 Å². The molecule has 2 heterocycles. The monoisotopic (exact) mass is 397 g/mol. The molecule has 0 bridgehead atoms. The molecule has 144 valence electrons. The lowest BCUT2D eigenvalue weighted by atomic mass is 10.2. The van der Waals surface area contributed by atoms with E-state index >= 15 is 0 Å². The number of hydrogen-bond acceptors (Lipinski definition) is 5. The van der Waals surface area contributed by atoms with Crippen LogP contribution in [0.1, 0.15) is 23.2 Å². The number of carbonyl (C=O) groups is 1. The summed E-state index contributed by atoms with van der Waals surface area (Å²) in [5, 5.41) is 9.38. The highest BCUT2D eigenvalue weighted by atomic mass is 32.2. The van der Waals surface area contributed by atoms with Crippen molar-refractivity contribution in [2.24, 2.45) is 0 Å². The van der Waals surface area contributed by atoms with E-state index in [2.05, 4.69) is 20.5 Å². The molecule has 0 aliphatic carbocycles. The first-order valence-corrected chi connectivity index (χ1v) is 10.4.